The van der Waals surface area contributed by atoms with Gasteiger partial charge in [0.15, 0.2) is 0 Å². The quantitative estimate of drug-likeness (QED) is 0.651. The summed E-state index contributed by atoms with van der Waals surface area (Å²) in [5, 5.41) is 9.27. The molecular weight excluding hydrogens is 172 g/mol. The van der Waals surface area contributed by atoms with E-state index < -0.39 is 12.3 Å². The van der Waals surface area contributed by atoms with E-state index in [0.29, 0.717) is 16.9 Å². The van der Waals surface area contributed by atoms with Crippen molar-refractivity contribution in [2.24, 2.45) is 0 Å². The zero-order chi connectivity index (χ0) is 9.42. The monoisotopic (exact) mass is 180 g/mol. The van der Waals surface area contributed by atoms with E-state index in [1.54, 1.807) is 18.2 Å². The van der Waals surface area contributed by atoms with Crippen LogP contribution >= 0.6 is 0 Å². The lowest BCUT2D eigenvalue weighted by atomic mass is 10.1. The van der Waals surface area contributed by atoms with Gasteiger partial charge in [0.2, 0.25) is 6.29 Å². The van der Waals surface area contributed by atoms with Gasteiger partial charge in [0.05, 0.1) is 7.11 Å². The number of rotatable bonds is 1. The predicted octanol–water partition coefficient (Wildman–Crippen LogP) is 0.856. The Morgan fingerprint density at radius 1 is 1.54 bits per heavy atom. The maximum atomic E-state index is 11.2. The zero-order valence-corrected chi connectivity index (χ0v) is 6.98. The fourth-order valence-corrected chi connectivity index (χ4v) is 1.37. The highest BCUT2D eigenvalue weighted by atomic mass is 16.6. The van der Waals surface area contributed by atoms with Gasteiger partial charge in [0.1, 0.15) is 11.3 Å². The molecule has 1 N–H and O–H groups in total. The normalized spacial score (nSPS) is 19.5. The zero-order valence-electron chi connectivity index (χ0n) is 6.98. The van der Waals surface area contributed by atoms with Gasteiger partial charge in [-0.3, -0.25) is 0 Å². The van der Waals surface area contributed by atoms with Gasteiger partial charge in [0.25, 0.3) is 0 Å². The smallest absolute Gasteiger partial charge is 0.345 e. The van der Waals surface area contributed by atoms with Crippen molar-refractivity contribution in [3.8, 4) is 5.75 Å². The number of fused-ring (bicyclic) bond motifs is 1. The van der Waals surface area contributed by atoms with Crippen molar-refractivity contribution in [3.05, 3.63) is 29.3 Å². The molecule has 0 saturated carbocycles. The highest BCUT2D eigenvalue weighted by molar-refractivity contribution is 5.96. The first-order chi connectivity index (χ1) is 6.24. The van der Waals surface area contributed by atoms with E-state index in [4.69, 9.17) is 4.74 Å². The van der Waals surface area contributed by atoms with Crippen LogP contribution in [0.1, 0.15) is 22.2 Å². The molecule has 1 aliphatic rings. The van der Waals surface area contributed by atoms with Crippen molar-refractivity contribution in [2.45, 2.75) is 6.29 Å². The number of aliphatic hydroxyl groups excluding tert-OH is 1. The van der Waals surface area contributed by atoms with Crippen LogP contribution in [0.2, 0.25) is 0 Å². The Hall–Kier alpha value is -1.55. The van der Waals surface area contributed by atoms with E-state index in [1.165, 1.54) is 7.11 Å². The molecule has 0 bridgehead atoms. The molecule has 13 heavy (non-hydrogen) atoms. The lowest BCUT2D eigenvalue weighted by molar-refractivity contribution is -0.0547. The molecule has 4 nitrogen and oxygen atoms in total. The molecule has 0 radical (unpaired) electrons. The van der Waals surface area contributed by atoms with Gasteiger partial charge in [0, 0.05) is 5.56 Å². The number of hydrogen-bond donors (Lipinski definition) is 1. The summed E-state index contributed by atoms with van der Waals surface area (Å²) in [5.41, 5.74) is 0.779. The van der Waals surface area contributed by atoms with Crippen LogP contribution in [0.25, 0.3) is 0 Å². The fourth-order valence-electron chi connectivity index (χ4n) is 1.37. The summed E-state index contributed by atoms with van der Waals surface area (Å²) in [6.45, 7) is 0. The number of cyclic esters (lactones) is 1. The van der Waals surface area contributed by atoms with Crippen LogP contribution in [-0.2, 0) is 4.74 Å². The van der Waals surface area contributed by atoms with Gasteiger partial charge in [-0.2, -0.15) is 0 Å². The molecule has 1 aromatic rings. The van der Waals surface area contributed by atoms with Crippen molar-refractivity contribution in [1.29, 1.82) is 0 Å². The number of esters is 1. The number of carbonyl (C=O) groups is 1. The van der Waals surface area contributed by atoms with E-state index >= 15 is 0 Å². The first-order valence-electron chi connectivity index (χ1n) is 3.80. The van der Waals surface area contributed by atoms with Gasteiger partial charge in [-0.05, 0) is 6.07 Å². The number of hydrogen-bond acceptors (Lipinski definition) is 4. The van der Waals surface area contributed by atoms with Crippen molar-refractivity contribution < 1.29 is 19.4 Å². The molecule has 0 saturated heterocycles. The third kappa shape index (κ3) is 1.07. The number of ether oxygens (including phenoxy) is 2. The Bertz CT molecular complexity index is 359. The van der Waals surface area contributed by atoms with Crippen LogP contribution in [0.4, 0.5) is 0 Å². The fraction of sp³-hybridized carbons (Fsp3) is 0.222. The van der Waals surface area contributed by atoms with E-state index in [2.05, 4.69) is 4.74 Å². The summed E-state index contributed by atoms with van der Waals surface area (Å²) in [6, 6.07) is 4.98. The van der Waals surface area contributed by atoms with Crippen molar-refractivity contribution in [2.75, 3.05) is 7.11 Å². The lowest BCUT2D eigenvalue weighted by Crippen LogP contribution is -1.98. The summed E-state index contributed by atoms with van der Waals surface area (Å²) >= 11 is 0. The first kappa shape index (κ1) is 8.07. The van der Waals surface area contributed by atoms with E-state index in [1.807, 2.05) is 0 Å². The highest BCUT2D eigenvalue weighted by Gasteiger charge is 2.32. The number of aliphatic hydroxyl groups is 1. The van der Waals surface area contributed by atoms with Crippen LogP contribution in [0, 0.1) is 0 Å². The molecule has 1 aromatic carbocycles. The van der Waals surface area contributed by atoms with Crippen molar-refractivity contribution in [3.63, 3.8) is 0 Å². The van der Waals surface area contributed by atoms with Crippen LogP contribution in [-0.4, -0.2) is 18.2 Å². The topological polar surface area (TPSA) is 55.8 Å². The summed E-state index contributed by atoms with van der Waals surface area (Å²) in [4.78, 5) is 11.2. The van der Waals surface area contributed by atoms with E-state index in [-0.39, 0.29) is 0 Å². The van der Waals surface area contributed by atoms with E-state index in [9.17, 15) is 9.90 Å². The number of methoxy groups -OCH3 is 1. The molecule has 0 fully saturated rings. The molecule has 1 aliphatic heterocycles. The largest absolute Gasteiger partial charge is 0.496 e. The Labute approximate surface area is 74.7 Å². The van der Waals surface area contributed by atoms with Gasteiger partial charge < -0.3 is 14.6 Å². The van der Waals surface area contributed by atoms with Crippen LogP contribution < -0.4 is 4.74 Å². The van der Waals surface area contributed by atoms with Gasteiger partial charge in [-0.15, -0.1) is 0 Å². The molecule has 0 aromatic heterocycles. The minimum Gasteiger partial charge on any atom is -0.496 e. The molecule has 0 unspecified atom stereocenters. The Morgan fingerprint density at radius 3 is 3.00 bits per heavy atom. The molecule has 68 valence electrons. The summed E-state index contributed by atoms with van der Waals surface area (Å²) in [5.74, 6) is -0.112. The second-order valence-corrected chi connectivity index (χ2v) is 2.68. The maximum Gasteiger partial charge on any atom is 0.345 e. The minimum atomic E-state index is -1.16. The second kappa shape index (κ2) is 2.74. The average molecular weight is 180 g/mol. The van der Waals surface area contributed by atoms with Crippen LogP contribution in [0.3, 0.4) is 0 Å². The maximum absolute atomic E-state index is 11.2. The summed E-state index contributed by atoms with van der Waals surface area (Å²) in [7, 11) is 1.47. The summed E-state index contributed by atoms with van der Waals surface area (Å²) in [6.07, 6.45) is -1.16. The number of carbonyl (C=O) groups excluding carboxylic acids is 1. The Morgan fingerprint density at radius 2 is 2.31 bits per heavy atom. The number of benzene rings is 1. The van der Waals surface area contributed by atoms with Crippen LogP contribution in [0.15, 0.2) is 18.2 Å². The Balaban J connectivity index is 2.62. The van der Waals surface area contributed by atoms with Crippen molar-refractivity contribution >= 4 is 5.97 Å². The molecular formula is C9H8O4. The van der Waals surface area contributed by atoms with Gasteiger partial charge >= 0.3 is 5.97 Å². The molecule has 0 aliphatic carbocycles. The van der Waals surface area contributed by atoms with Gasteiger partial charge in [-0.25, -0.2) is 4.79 Å². The molecule has 4 heteroatoms. The lowest BCUT2D eigenvalue weighted by Gasteiger charge is -2.02. The molecule has 2 rings (SSSR count). The van der Waals surface area contributed by atoms with Crippen LogP contribution in [0.5, 0.6) is 5.75 Å². The average Bonchev–Trinajstić information content (AvgIpc) is 2.43. The third-order valence-electron chi connectivity index (χ3n) is 1.97. The SMILES string of the molecule is COc1cccc2c1C(=O)O[C@H]2O. The second-order valence-electron chi connectivity index (χ2n) is 2.68. The van der Waals surface area contributed by atoms with Crippen molar-refractivity contribution in [1.82, 2.24) is 0 Å². The van der Waals surface area contributed by atoms with E-state index in [0.717, 1.165) is 0 Å². The highest BCUT2D eigenvalue weighted by Crippen LogP contribution is 2.34. The molecule has 0 amide bonds. The Kier molecular flexibility index (Phi) is 1.70. The minimum absolute atomic E-state index is 0.317. The molecule has 0 spiro atoms. The molecule has 1 atom stereocenters. The van der Waals surface area contributed by atoms with Gasteiger partial charge in [-0.1, -0.05) is 12.1 Å². The summed E-state index contributed by atoms with van der Waals surface area (Å²) < 4.78 is 9.57. The third-order valence-corrected chi connectivity index (χ3v) is 1.97. The predicted molar refractivity (Wildman–Crippen MR) is 43.4 cm³/mol. The standard InChI is InChI=1S/C9H8O4/c1-12-6-4-2-3-5-7(6)9(11)13-8(5)10/h2-4,8,10H,1H3/t8-/m1/s1. The molecule has 1 heterocycles. The first-order valence-corrected chi connectivity index (χ1v) is 3.80.